The van der Waals surface area contributed by atoms with Crippen molar-refractivity contribution < 1.29 is 4.79 Å². The summed E-state index contributed by atoms with van der Waals surface area (Å²) in [5, 5.41) is 3.03. The van der Waals surface area contributed by atoms with E-state index < -0.39 is 0 Å². The lowest BCUT2D eigenvalue weighted by Crippen LogP contribution is -2.33. The molecule has 0 bridgehead atoms. The molecule has 23 heavy (non-hydrogen) atoms. The summed E-state index contributed by atoms with van der Waals surface area (Å²) in [7, 11) is 0. The number of aryl methyl sites for hydroxylation is 2. The average molecular weight is 308 g/mol. The maximum Gasteiger partial charge on any atom is 0.225 e. The van der Waals surface area contributed by atoms with Crippen LogP contribution in [0.25, 0.3) is 0 Å². The Bertz CT molecular complexity index is 709. The predicted octanol–water partition coefficient (Wildman–Crippen LogP) is 3.69. The van der Waals surface area contributed by atoms with Crippen molar-refractivity contribution in [1.82, 2.24) is 4.90 Å². The van der Waals surface area contributed by atoms with Crippen molar-refractivity contribution >= 4 is 11.6 Å². The fourth-order valence-electron chi connectivity index (χ4n) is 3.17. The molecular formula is C20H24N2O. The Labute approximate surface area is 138 Å². The van der Waals surface area contributed by atoms with E-state index in [4.69, 9.17) is 0 Å². The van der Waals surface area contributed by atoms with Crippen molar-refractivity contribution in [2.24, 2.45) is 0 Å². The number of hydrogen-bond acceptors (Lipinski definition) is 2. The number of rotatable bonds is 4. The van der Waals surface area contributed by atoms with Crippen LogP contribution in [0.2, 0.25) is 0 Å². The fraction of sp³-hybridized carbons (Fsp3) is 0.350. The molecule has 0 atom stereocenters. The van der Waals surface area contributed by atoms with Crippen LogP contribution in [-0.4, -0.2) is 23.9 Å². The number of hydrogen-bond donors (Lipinski definition) is 1. The molecular weight excluding hydrogens is 284 g/mol. The standard InChI is InChI=1S/C20H24N2O/c1-15-7-8-19(16(2)13-15)21-20(23)10-12-22-11-9-17-5-3-4-6-18(17)14-22/h3-8,13H,9-12,14H2,1-2H3,(H,21,23). The van der Waals surface area contributed by atoms with Gasteiger partial charge in [-0.05, 0) is 43.0 Å². The normalized spacial score (nSPS) is 14.3. The molecule has 0 radical (unpaired) electrons. The highest BCUT2D eigenvalue weighted by Crippen LogP contribution is 2.19. The first-order valence-corrected chi connectivity index (χ1v) is 8.28. The largest absolute Gasteiger partial charge is 0.326 e. The van der Waals surface area contributed by atoms with Crippen LogP contribution in [0, 0.1) is 13.8 Å². The summed E-state index contributed by atoms with van der Waals surface area (Å²) in [6, 6.07) is 14.7. The van der Waals surface area contributed by atoms with E-state index in [1.807, 2.05) is 19.1 Å². The number of nitrogens with zero attached hydrogens (tertiary/aromatic N) is 1. The second-order valence-electron chi connectivity index (χ2n) is 6.41. The van der Waals surface area contributed by atoms with Gasteiger partial charge in [0.05, 0.1) is 0 Å². The minimum absolute atomic E-state index is 0.0933. The first kappa shape index (κ1) is 15.8. The van der Waals surface area contributed by atoms with Crippen molar-refractivity contribution in [3.8, 4) is 0 Å². The van der Waals surface area contributed by atoms with E-state index in [2.05, 4.69) is 47.5 Å². The summed E-state index contributed by atoms with van der Waals surface area (Å²) in [5.41, 5.74) is 6.10. The highest BCUT2D eigenvalue weighted by molar-refractivity contribution is 5.91. The molecule has 1 N–H and O–H groups in total. The third kappa shape index (κ3) is 3.99. The molecule has 1 heterocycles. The van der Waals surface area contributed by atoms with E-state index in [-0.39, 0.29) is 5.91 Å². The molecule has 0 spiro atoms. The van der Waals surface area contributed by atoms with Crippen molar-refractivity contribution in [3.63, 3.8) is 0 Å². The molecule has 0 saturated carbocycles. The molecule has 1 amide bonds. The number of carbonyl (C=O) groups excluding carboxylic acids is 1. The Morgan fingerprint density at radius 3 is 2.70 bits per heavy atom. The number of benzene rings is 2. The third-order valence-electron chi connectivity index (χ3n) is 4.52. The van der Waals surface area contributed by atoms with E-state index >= 15 is 0 Å². The van der Waals surface area contributed by atoms with Gasteiger partial charge in [0.2, 0.25) is 5.91 Å². The highest BCUT2D eigenvalue weighted by atomic mass is 16.1. The van der Waals surface area contributed by atoms with E-state index in [9.17, 15) is 4.79 Å². The van der Waals surface area contributed by atoms with Gasteiger partial charge in [0.15, 0.2) is 0 Å². The van der Waals surface area contributed by atoms with Crippen LogP contribution >= 0.6 is 0 Å². The molecule has 0 aromatic heterocycles. The summed E-state index contributed by atoms with van der Waals surface area (Å²) in [5.74, 6) is 0.0933. The van der Waals surface area contributed by atoms with Crippen LogP contribution in [0.1, 0.15) is 28.7 Å². The molecule has 0 aliphatic carbocycles. The van der Waals surface area contributed by atoms with Gasteiger partial charge >= 0.3 is 0 Å². The Morgan fingerprint density at radius 1 is 1.13 bits per heavy atom. The van der Waals surface area contributed by atoms with Crippen molar-refractivity contribution in [2.45, 2.75) is 33.2 Å². The Morgan fingerprint density at radius 2 is 1.91 bits per heavy atom. The summed E-state index contributed by atoms with van der Waals surface area (Å²) in [6.45, 7) is 6.89. The van der Waals surface area contributed by atoms with Crippen LogP contribution in [0.5, 0.6) is 0 Å². The fourth-order valence-corrected chi connectivity index (χ4v) is 3.17. The zero-order valence-corrected chi connectivity index (χ0v) is 13.9. The lowest BCUT2D eigenvalue weighted by molar-refractivity contribution is -0.116. The van der Waals surface area contributed by atoms with Crippen molar-refractivity contribution in [1.29, 1.82) is 0 Å². The van der Waals surface area contributed by atoms with Gasteiger partial charge in [-0.15, -0.1) is 0 Å². The molecule has 3 nitrogen and oxygen atoms in total. The number of fused-ring (bicyclic) bond motifs is 1. The van der Waals surface area contributed by atoms with Crippen LogP contribution in [-0.2, 0) is 17.8 Å². The minimum Gasteiger partial charge on any atom is -0.326 e. The maximum absolute atomic E-state index is 12.2. The SMILES string of the molecule is Cc1ccc(NC(=O)CCN2CCc3ccccc3C2)c(C)c1. The average Bonchev–Trinajstić information content (AvgIpc) is 2.55. The second kappa shape index (κ2) is 6.97. The van der Waals surface area contributed by atoms with Gasteiger partial charge in [0.25, 0.3) is 0 Å². The minimum atomic E-state index is 0.0933. The zero-order valence-electron chi connectivity index (χ0n) is 13.9. The van der Waals surface area contributed by atoms with Gasteiger partial charge in [0.1, 0.15) is 0 Å². The molecule has 3 rings (SSSR count). The van der Waals surface area contributed by atoms with Crippen LogP contribution in [0.15, 0.2) is 42.5 Å². The summed E-state index contributed by atoms with van der Waals surface area (Å²) in [6.07, 6.45) is 1.62. The summed E-state index contributed by atoms with van der Waals surface area (Å²) >= 11 is 0. The molecule has 0 fully saturated rings. The van der Waals surface area contributed by atoms with Crippen molar-refractivity contribution in [3.05, 3.63) is 64.7 Å². The van der Waals surface area contributed by atoms with Gasteiger partial charge in [-0.25, -0.2) is 0 Å². The van der Waals surface area contributed by atoms with E-state index in [1.165, 1.54) is 16.7 Å². The highest BCUT2D eigenvalue weighted by Gasteiger charge is 2.16. The third-order valence-corrected chi connectivity index (χ3v) is 4.52. The summed E-state index contributed by atoms with van der Waals surface area (Å²) in [4.78, 5) is 14.6. The van der Waals surface area contributed by atoms with Gasteiger partial charge < -0.3 is 5.32 Å². The maximum atomic E-state index is 12.2. The van der Waals surface area contributed by atoms with Crippen LogP contribution < -0.4 is 5.32 Å². The number of nitrogens with one attached hydrogen (secondary N) is 1. The number of anilines is 1. The number of carbonyl (C=O) groups is 1. The smallest absolute Gasteiger partial charge is 0.225 e. The topological polar surface area (TPSA) is 32.3 Å². The summed E-state index contributed by atoms with van der Waals surface area (Å²) < 4.78 is 0. The van der Waals surface area contributed by atoms with Crippen LogP contribution in [0.3, 0.4) is 0 Å². The molecule has 120 valence electrons. The van der Waals surface area contributed by atoms with E-state index in [0.29, 0.717) is 6.42 Å². The predicted molar refractivity (Wildman–Crippen MR) is 94.6 cm³/mol. The lowest BCUT2D eigenvalue weighted by Gasteiger charge is -2.28. The monoisotopic (exact) mass is 308 g/mol. The molecule has 0 unspecified atom stereocenters. The Balaban J connectivity index is 1.52. The molecule has 1 aliphatic rings. The molecule has 1 aliphatic heterocycles. The van der Waals surface area contributed by atoms with Gasteiger partial charge in [-0.3, -0.25) is 9.69 Å². The number of amides is 1. The van der Waals surface area contributed by atoms with Gasteiger partial charge in [-0.2, -0.15) is 0 Å². The quantitative estimate of drug-likeness (QED) is 0.934. The molecule has 3 heteroatoms. The van der Waals surface area contributed by atoms with Crippen molar-refractivity contribution in [2.75, 3.05) is 18.4 Å². The Hall–Kier alpha value is -2.13. The molecule has 0 saturated heterocycles. The molecule has 2 aromatic carbocycles. The zero-order chi connectivity index (χ0) is 16.2. The van der Waals surface area contributed by atoms with Gasteiger partial charge in [0, 0.05) is 31.7 Å². The first-order valence-electron chi connectivity index (χ1n) is 8.28. The van der Waals surface area contributed by atoms with E-state index in [0.717, 1.165) is 37.3 Å². The van der Waals surface area contributed by atoms with Crippen LogP contribution in [0.4, 0.5) is 5.69 Å². The lowest BCUT2D eigenvalue weighted by atomic mass is 10.00. The van der Waals surface area contributed by atoms with Gasteiger partial charge in [-0.1, -0.05) is 42.0 Å². The first-order chi connectivity index (χ1) is 11.1. The molecule has 2 aromatic rings. The van der Waals surface area contributed by atoms with E-state index in [1.54, 1.807) is 0 Å². The second-order valence-corrected chi connectivity index (χ2v) is 6.41. The Kier molecular flexibility index (Phi) is 4.77.